The van der Waals surface area contributed by atoms with Crippen LogP contribution in [0.3, 0.4) is 0 Å². The Kier molecular flexibility index (Phi) is 2.58. The number of benzene rings is 1. The van der Waals surface area contributed by atoms with Crippen molar-refractivity contribution in [2.24, 2.45) is 0 Å². The second kappa shape index (κ2) is 3.95. The summed E-state index contributed by atoms with van der Waals surface area (Å²) in [5.41, 5.74) is 1.37. The standard InChI is InChI=1S/C12H13BO2S/c14-13(15)8-5-6-12-10(7-8)9-3-1-2-4-11(9)16-12/h1-6,8,10,12,14-15H,7H2. The molecule has 2 nitrogen and oxygen atoms in total. The van der Waals surface area contributed by atoms with Gasteiger partial charge in [0.25, 0.3) is 0 Å². The Balaban J connectivity index is 1.93. The molecule has 3 rings (SSSR count). The molecule has 82 valence electrons. The zero-order chi connectivity index (χ0) is 11.1. The molecule has 0 spiro atoms. The van der Waals surface area contributed by atoms with Crippen LogP contribution in [0.4, 0.5) is 0 Å². The fourth-order valence-corrected chi connectivity index (χ4v) is 3.98. The molecule has 1 aliphatic carbocycles. The lowest BCUT2D eigenvalue weighted by molar-refractivity contribution is 0.383. The van der Waals surface area contributed by atoms with Gasteiger partial charge in [0.15, 0.2) is 0 Å². The van der Waals surface area contributed by atoms with E-state index in [1.165, 1.54) is 10.5 Å². The molecule has 1 aromatic rings. The van der Waals surface area contributed by atoms with Crippen molar-refractivity contribution in [1.29, 1.82) is 0 Å². The van der Waals surface area contributed by atoms with Gasteiger partial charge >= 0.3 is 7.12 Å². The molecular formula is C12H13BO2S. The quantitative estimate of drug-likeness (QED) is 0.575. The van der Waals surface area contributed by atoms with Crippen LogP contribution in [0.1, 0.15) is 17.9 Å². The van der Waals surface area contributed by atoms with Gasteiger partial charge in [-0.25, -0.2) is 0 Å². The van der Waals surface area contributed by atoms with Crippen molar-refractivity contribution in [3.8, 4) is 0 Å². The summed E-state index contributed by atoms with van der Waals surface area (Å²) in [7, 11) is -1.23. The van der Waals surface area contributed by atoms with Crippen LogP contribution < -0.4 is 0 Å². The van der Waals surface area contributed by atoms with Gasteiger partial charge in [-0.3, -0.25) is 0 Å². The van der Waals surface area contributed by atoms with Crippen LogP contribution in [0.2, 0.25) is 5.82 Å². The van der Waals surface area contributed by atoms with Crippen molar-refractivity contribution < 1.29 is 10.0 Å². The van der Waals surface area contributed by atoms with Crippen LogP contribution in [0.25, 0.3) is 0 Å². The largest absolute Gasteiger partial charge is 0.458 e. The van der Waals surface area contributed by atoms with Crippen LogP contribution in [0.5, 0.6) is 0 Å². The molecule has 0 aromatic heterocycles. The van der Waals surface area contributed by atoms with Crippen LogP contribution in [-0.2, 0) is 0 Å². The lowest BCUT2D eigenvalue weighted by Crippen LogP contribution is -2.25. The summed E-state index contributed by atoms with van der Waals surface area (Å²) >= 11 is 1.88. The molecule has 0 radical (unpaired) electrons. The van der Waals surface area contributed by atoms with Crippen LogP contribution >= 0.6 is 11.8 Å². The number of hydrogen-bond acceptors (Lipinski definition) is 3. The van der Waals surface area contributed by atoms with Gasteiger partial charge in [-0.15, -0.1) is 11.8 Å². The third kappa shape index (κ3) is 1.61. The Morgan fingerprint density at radius 2 is 2.00 bits per heavy atom. The highest BCUT2D eigenvalue weighted by Crippen LogP contribution is 2.51. The van der Waals surface area contributed by atoms with Crippen LogP contribution in [0.15, 0.2) is 41.3 Å². The second-order valence-corrected chi connectivity index (χ2v) is 5.64. The molecule has 0 saturated heterocycles. The van der Waals surface area contributed by atoms with E-state index in [9.17, 15) is 10.0 Å². The molecule has 1 aliphatic heterocycles. The first-order valence-electron chi connectivity index (χ1n) is 5.56. The van der Waals surface area contributed by atoms with Gasteiger partial charge in [0.05, 0.1) is 0 Å². The van der Waals surface area contributed by atoms with Gasteiger partial charge in [-0.2, -0.15) is 0 Å². The van der Waals surface area contributed by atoms with E-state index in [2.05, 4.69) is 30.3 Å². The lowest BCUT2D eigenvalue weighted by Gasteiger charge is -2.26. The summed E-state index contributed by atoms with van der Waals surface area (Å²) in [6.45, 7) is 0. The first kappa shape index (κ1) is 10.4. The molecule has 0 bridgehead atoms. The molecule has 4 heteroatoms. The first-order valence-corrected chi connectivity index (χ1v) is 6.44. The van der Waals surface area contributed by atoms with Crippen molar-refractivity contribution in [1.82, 2.24) is 0 Å². The van der Waals surface area contributed by atoms with Gasteiger partial charge in [-0.05, 0) is 18.1 Å². The van der Waals surface area contributed by atoms with E-state index in [0.29, 0.717) is 11.2 Å². The van der Waals surface area contributed by atoms with Crippen molar-refractivity contribution >= 4 is 18.9 Å². The topological polar surface area (TPSA) is 40.5 Å². The third-order valence-electron chi connectivity index (χ3n) is 3.44. The summed E-state index contributed by atoms with van der Waals surface area (Å²) in [5, 5.41) is 19.0. The number of allylic oxidation sites excluding steroid dienone is 1. The van der Waals surface area contributed by atoms with Crippen molar-refractivity contribution in [2.45, 2.75) is 28.3 Å². The zero-order valence-corrected chi connectivity index (χ0v) is 9.60. The van der Waals surface area contributed by atoms with Gasteiger partial charge in [0.1, 0.15) is 0 Å². The highest BCUT2D eigenvalue weighted by atomic mass is 32.2. The number of fused-ring (bicyclic) bond motifs is 3. The molecule has 3 atom stereocenters. The molecular weight excluding hydrogens is 219 g/mol. The smallest absolute Gasteiger partial charge is 0.427 e. The molecule has 1 heterocycles. The van der Waals surface area contributed by atoms with Gasteiger partial charge in [-0.1, -0.05) is 30.4 Å². The summed E-state index contributed by atoms with van der Waals surface area (Å²) in [6.07, 6.45) is 4.91. The first-order chi connectivity index (χ1) is 7.75. The third-order valence-corrected chi connectivity index (χ3v) is 4.82. The Hall–Kier alpha value is -0.705. The molecule has 16 heavy (non-hydrogen) atoms. The summed E-state index contributed by atoms with van der Waals surface area (Å²) in [5.74, 6) is 0.325. The maximum absolute atomic E-state index is 9.24. The molecule has 2 aliphatic rings. The normalized spacial score (nSPS) is 31.0. The minimum atomic E-state index is -1.23. The Morgan fingerprint density at radius 3 is 2.81 bits per heavy atom. The molecule has 0 fully saturated rings. The average Bonchev–Trinajstić information content (AvgIpc) is 2.66. The van der Waals surface area contributed by atoms with Gasteiger partial charge in [0.2, 0.25) is 0 Å². The molecule has 0 saturated carbocycles. The molecule has 3 unspecified atom stereocenters. The predicted octanol–water partition coefficient (Wildman–Crippen LogP) is 2.05. The van der Waals surface area contributed by atoms with Crippen LogP contribution in [-0.4, -0.2) is 22.4 Å². The van der Waals surface area contributed by atoms with E-state index in [0.717, 1.165) is 6.42 Å². The maximum Gasteiger partial charge on any atom is 0.458 e. The Labute approximate surface area is 99.5 Å². The van der Waals surface area contributed by atoms with E-state index in [4.69, 9.17) is 0 Å². The number of hydrogen-bond donors (Lipinski definition) is 2. The van der Waals surface area contributed by atoms with E-state index in [1.54, 1.807) is 0 Å². The Morgan fingerprint density at radius 1 is 1.19 bits per heavy atom. The summed E-state index contributed by atoms with van der Waals surface area (Å²) in [6, 6.07) is 8.43. The number of thioether (sulfide) groups is 1. The molecule has 0 amide bonds. The maximum atomic E-state index is 9.24. The van der Waals surface area contributed by atoms with Crippen molar-refractivity contribution in [3.63, 3.8) is 0 Å². The lowest BCUT2D eigenvalue weighted by atomic mass is 9.65. The summed E-state index contributed by atoms with van der Waals surface area (Å²) in [4.78, 5) is 1.34. The van der Waals surface area contributed by atoms with Gasteiger partial charge in [0, 0.05) is 21.9 Å². The highest BCUT2D eigenvalue weighted by molar-refractivity contribution is 8.00. The van der Waals surface area contributed by atoms with Crippen LogP contribution in [0, 0.1) is 0 Å². The van der Waals surface area contributed by atoms with E-state index in [1.807, 2.05) is 17.8 Å². The molecule has 2 N–H and O–H groups in total. The predicted molar refractivity (Wildman–Crippen MR) is 66.5 cm³/mol. The van der Waals surface area contributed by atoms with E-state index < -0.39 is 7.12 Å². The SMILES string of the molecule is OB(O)C1C=CC2Sc3ccccc3C2C1. The van der Waals surface area contributed by atoms with Crippen molar-refractivity contribution in [2.75, 3.05) is 0 Å². The fraction of sp³-hybridized carbons (Fsp3) is 0.333. The van der Waals surface area contributed by atoms with Crippen molar-refractivity contribution in [3.05, 3.63) is 42.0 Å². The summed E-state index contributed by atoms with van der Waals surface area (Å²) < 4.78 is 0. The zero-order valence-electron chi connectivity index (χ0n) is 8.78. The fourth-order valence-electron chi connectivity index (χ4n) is 2.58. The minimum absolute atomic E-state index is 0.118. The average molecular weight is 232 g/mol. The van der Waals surface area contributed by atoms with E-state index >= 15 is 0 Å². The number of rotatable bonds is 1. The Bertz CT molecular complexity index is 433. The minimum Gasteiger partial charge on any atom is -0.427 e. The highest BCUT2D eigenvalue weighted by Gasteiger charge is 2.38. The monoisotopic (exact) mass is 232 g/mol. The van der Waals surface area contributed by atoms with Gasteiger partial charge < -0.3 is 10.0 Å². The second-order valence-electron chi connectivity index (χ2n) is 4.42. The molecule has 1 aromatic carbocycles. The van der Waals surface area contributed by atoms with E-state index in [-0.39, 0.29) is 5.82 Å².